The minimum atomic E-state index is -0.157. The molecule has 1 aromatic heterocycles. The first kappa shape index (κ1) is 18.7. The van der Waals surface area contributed by atoms with Gasteiger partial charge < -0.3 is 10.1 Å². The fourth-order valence-electron chi connectivity index (χ4n) is 3.36. The Hall–Kier alpha value is -3.60. The van der Waals surface area contributed by atoms with Crippen molar-refractivity contribution in [1.82, 2.24) is 10.3 Å². The number of hydrogen-bond acceptors (Lipinski definition) is 2. The smallest absolute Gasteiger partial charge is 0.275 e. The molecule has 0 bridgehead atoms. The number of ether oxygens (including phenoxy) is 1. The van der Waals surface area contributed by atoms with Crippen LogP contribution in [0.2, 0.25) is 0 Å². The Bertz CT molecular complexity index is 1120. The van der Waals surface area contributed by atoms with E-state index in [0.717, 1.165) is 23.4 Å². The number of H-pyrrole nitrogens is 1. The van der Waals surface area contributed by atoms with Crippen LogP contribution >= 0.6 is 0 Å². The standard InChI is InChI=1S/C24H23N3O2/c1-18-9-5-6-10-19(18)16-27-22-14-8-7-13-21(22)26-23(27)15-25-24(28)17-29-20-11-3-2-4-12-20/h2-14H,15-17H2,1H3,(H,25,28)/p+1. The summed E-state index contributed by atoms with van der Waals surface area (Å²) in [4.78, 5) is 15.7. The van der Waals surface area contributed by atoms with Crippen LogP contribution in [0.25, 0.3) is 11.0 Å². The molecule has 0 atom stereocenters. The number of amides is 1. The molecule has 1 amide bonds. The maximum Gasteiger partial charge on any atom is 0.275 e. The van der Waals surface area contributed by atoms with Crippen LogP contribution in [0.5, 0.6) is 5.75 Å². The Morgan fingerprint density at radius 1 is 0.966 bits per heavy atom. The van der Waals surface area contributed by atoms with E-state index in [1.54, 1.807) is 0 Å². The van der Waals surface area contributed by atoms with Crippen LogP contribution < -0.4 is 14.6 Å². The van der Waals surface area contributed by atoms with Crippen LogP contribution in [0.15, 0.2) is 78.9 Å². The molecule has 4 aromatic rings. The van der Waals surface area contributed by atoms with Gasteiger partial charge in [0.25, 0.3) is 11.7 Å². The summed E-state index contributed by atoms with van der Waals surface area (Å²) in [5, 5.41) is 2.95. The number of hydrogen-bond donors (Lipinski definition) is 2. The van der Waals surface area contributed by atoms with Crippen LogP contribution in [-0.4, -0.2) is 17.5 Å². The van der Waals surface area contributed by atoms with E-state index < -0.39 is 0 Å². The van der Waals surface area contributed by atoms with Gasteiger partial charge in [0.05, 0.1) is 0 Å². The minimum absolute atomic E-state index is 0.0119. The molecule has 4 rings (SSSR count). The van der Waals surface area contributed by atoms with Crippen LogP contribution in [0, 0.1) is 6.92 Å². The molecule has 0 fully saturated rings. The highest BCUT2D eigenvalue weighted by Crippen LogP contribution is 2.13. The zero-order valence-corrected chi connectivity index (χ0v) is 16.4. The average Bonchev–Trinajstić information content (AvgIpc) is 3.10. The fourth-order valence-corrected chi connectivity index (χ4v) is 3.36. The Labute approximate surface area is 170 Å². The Morgan fingerprint density at radius 3 is 2.52 bits per heavy atom. The van der Waals surface area contributed by atoms with Gasteiger partial charge in [-0.2, -0.15) is 0 Å². The quantitative estimate of drug-likeness (QED) is 0.478. The van der Waals surface area contributed by atoms with E-state index in [1.807, 2.05) is 54.6 Å². The lowest BCUT2D eigenvalue weighted by atomic mass is 10.1. The van der Waals surface area contributed by atoms with Gasteiger partial charge in [0, 0.05) is 0 Å². The molecule has 2 N–H and O–H groups in total. The zero-order chi connectivity index (χ0) is 20.1. The highest BCUT2D eigenvalue weighted by molar-refractivity contribution is 5.77. The molecule has 29 heavy (non-hydrogen) atoms. The van der Waals surface area contributed by atoms with E-state index in [2.05, 4.69) is 46.1 Å². The highest BCUT2D eigenvalue weighted by atomic mass is 16.5. The summed E-state index contributed by atoms with van der Waals surface area (Å²) in [5.74, 6) is 1.47. The third-order valence-electron chi connectivity index (χ3n) is 4.96. The molecular weight excluding hydrogens is 362 g/mol. The minimum Gasteiger partial charge on any atom is -0.484 e. The summed E-state index contributed by atoms with van der Waals surface area (Å²) in [6, 6.07) is 25.9. The van der Waals surface area contributed by atoms with Gasteiger partial charge in [-0.05, 0) is 42.3 Å². The lowest BCUT2D eigenvalue weighted by molar-refractivity contribution is -0.670. The lowest BCUT2D eigenvalue weighted by Gasteiger charge is -2.08. The Balaban J connectivity index is 1.49. The lowest BCUT2D eigenvalue weighted by Crippen LogP contribution is -2.41. The number of fused-ring (bicyclic) bond motifs is 1. The zero-order valence-electron chi connectivity index (χ0n) is 16.4. The number of imidazole rings is 1. The summed E-state index contributed by atoms with van der Waals surface area (Å²) >= 11 is 0. The van der Waals surface area contributed by atoms with Gasteiger partial charge in [-0.1, -0.05) is 54.6 Å². The number of aromatic amines is 1. The van der Waals surface area contributed by atoms with Crippen molar-refractivity contribution in [2.45, 2.75) is 20.0 Å². The monoisotopic (exact) mass is 386 g/mol. The molecule has 5 heteroatoms. The van der Waals surface area contributed by atoms with Crippen LogP contribution in [0.4, 0.5) is 0 Å². The number of nitrogens with zero attached hydrogens (tertiary/aromatic N) is 1. The van der Waals surface area contributed by atoms with Crippen LogP contribution in [-0.2, 0) is 17.9 Å². The van der Waals surface area contributed by atoms with E-state index in [4.69, 9.17) is 4.74 Å². The maximum atomic E-state index is 12.3. The number of aromatic nitrogens is 2. The molecule has 1 heterocycles. The normalized spacial score (nSPS) is 10.8. The average molecular weight is 386 g/mol. The third-order valence-corrected chi connectivity index (χ3v) is 4.96. The van der Waals surface area contributed by atoms with Crippen molar-refractivity contribution < 1.29 is 14.1 Å². The van der Waals surface area contributed by atoms with Gasteiger partial charge in [-0.15, -0.1) is 0 Å². The molecule has 0 saturated carbocycles. The number of carbonyl (C=O) groups excluding carboxylic acids is 1. The van der Waals surface area contributed by atoms with E-state index in [9.17, 15) is 4.79 Å². The summed E-state index contributed by atoms with van der Waals surface area (Å²) < 4.78 is 7.75. The van der Waals surface area contributed by atoms with Crippen molar-refractivity contribution in [3.05, 3.63) is 95.8 Å². The van der Waals surface area contributed by atoms with Crippen molar-refractivity contribution in [3.8, 4) is 5.75 Å². The number of aryl methyl sites for hydroxylation is 1. The second-order valence-corrected chi connectivity index (χ2v) is 6.98. The number of benzene rings is 3. The third kappa shape index (κ3) is 4.46. The van der Waals surface area contributed by atoms with Gasteiger partial charge >= 0.3 is 0 Å². The van der Waals surface area contributed by atoms with E-state index >= 15 is 0 Å². The molecule has 0 aliphatic rings. The van der Waals surface area contributed by atoms with Gasteiger partial charge in [-0.3, -0.25) is 4.79 Å². The molecule has 5 nitrogen and oxygen atoms in total. The van der Waals surface area contributed by atoms with Crippen LogP contribution in [0.3, 0.4) is 0 Å². The molecule has 0 unspecified atom stereocenters. The topological polar surface area (TPSA) is 58.0 Å². The molecule has 0 radical (unpaired) electrons. The van der Waals surface area contributed by atoms with E-state index in [0.29, 0.717) is 12.3 Å². The highest BCUT2D eigenvalue weighted by Gasteiger charge is 2.19. The number of nitrogens with one attached hydrogen (secondary N) is 2. The van der Waals surface area contributed by atoms with Gasteiger partial charge in [-0.25, -0.2) is 9.55 Å². The number of para-hydroxylation sites is 3. The predicted molar refractivity (Wildman–Crippen MR) is 113 cm³/mol. The first-order chi connectivity index (χ1) is 14.2. The van der Waals surface area contributed by atoms with E-state index in [-0.39, 0.29) is 12.5 Å². The summed E-state index contributed by atoms with van der Waals surface area (Å²) in [6.07, 6.45) is 0. The Kier molecular flexibility index (Phi) is 5.56. The summed E-state index contributed by atoms with van der Waals surface area (Å²) in [7, 11) is 0. The van der Waals surface area contributed by atoms with Crippen molar-refractivity contribution in [3.63, 3.8) is 0 Å². The largest absolute Gasteiger partial charge is 0.484 e. The molecule has 0 saturated heterocycles. The summed E-state index contributed by atoms with van der Waals surface area (Å²) in [6.45, 7) is 3.25. The Morgan fingerprint density at radius 2 is 1.69 bits per heavy atom. The van der Waals surface area contributed by atoms with Gasteiger partial charge in [0.15, 0.2) is 17.6 Å². The van der Waals surface area contributed by atoms with Crippen molar-refractivity contribution >= 4 is 16.9 Å². The molecule has 0 aliphatic carbocycles. The first-order valence-corrected chi connectivity index (χ1v) is 9.69. The first-order valence-electron chi connectivity index (χ1n) is 9.69. The van der Waals surface area contributed by atoms with E-state index in [1.165, 1.54) is 11.1 Å². The molecule has 146 valence electrons. The molecular formula is C24H24N3O2+. The van der Waals surface area contributed by atoms with Crippen molar-refractivity contribution in [1.29, 1.82) is 0 Å². The van der Waals surface area contributed by atoms with Gasteiger partial charge in [0.1, 0.15) is 18.8 Å². The number of carbonyl (C=O) groups is 1. The van der Waals surface area contributed by atoms with Crippen LogP contribution in [0.1, 0.15) is 17.0 Å². The van der Waals surface area contributed by atoms with Gasteiger partial charge in [0.2, 0.25) is 0 Å². The van der Waals surface area contributed by atoms with Crippen molar-refractivity contribution in [2.24, 2.45) is 0 Å². The maximum absolute atomic E-state index is 12.3. The summed E-state index contributed by atoms with van der Waals surface area (Å²) in [5.41, 5.74) is 4.66. The molecule has 3 aromatic carbocycles. The fraction of sp³-hybridized carbons (Fsp3) is 0.167. The predicted octanol–water partition coefficient (Wildman–Crippen LogP) is 3.51. The second-order valence-electron chi connectivity index (χ2n) is 6.98. The SMILES string of the molecule is Cc1ccccc1C[n+]1c(CNC(=O)COc2ccccc2)[nH]c2ccccc21. The second kappa shape index (κ2) is 8.61. The molecule has 0 aliphatic heterocycles. The molecule has 0 spiro atoms. The number of rotatable bonds is 7. The van der Waals surface area contributed by atoms with Crippen molar-refractivity contribution in [2.75, 3.05) is 6.61 Å².